The summed E-state index contributed by atoms with van der Waals surface area (Å²) >= 11 is 4.22. The van der Waals surface area contributed by atoms with Crippen molar-refractivity contribution in [3.8, 4) is 5.75 Å². The van der Waals surface area contributed by atoms with Crippen molar-refractivity contribution < 1.29 is 24.2 Å². The first-order chi connectivity index (χ1) is 11.9. The van der Waals surface area contributed by atoms with Gasteiger partial charge < -0.3 is 9.84 Å². The van der Waals surface area contributed by atoms with Crippen molar-refractivity contribution in [3.63, 3.8) is 0 Å². The van der Waals surface area contributed by atoms with Crippen molar-refractivity contribution in [1.29, 1.82) is 0 Å². The zero-order valence-corrected chi connectivity index (χ0v) is 16.1. The van der Waals surface area contributed by atoms with Crippen LogP contribution in [0.15, 0.2) is 27.6 Å². The molecule has 0 bridgehead atoms. The number of unbranched alkanes of at least 4 members (excludes halogenated alkanes) is 2. The molecule has 2 amide bonds. The zero-order valence-electron chi connectivity index (χ0n) is 13.7. The third kappa shape index (κ3) is 5.34. The first-order valence-electron chi connectivity index (χ1n) is 7.82. The number of ether oxygens (including phenoxy) is 1. The average molecular weight is 428 g/mol. The number of thioether (sulfide) groups is 1. The van der Waals surface area contributed by atoms with Crippen molar-refractivity contribution in [1.82, 2.24) is 4.90 Å². The summed E-state index contributed by atoms with van der Waals surface area (Å²) in [6, 6.07) is 5.04. The largest absolute Gasteiger partial charge is 0.481 e. The van der Waals surface area contributed by atoms with Gasteiger partial charge >= 0.3 is 5.97 Å². The van der Waals surface area contributed by atoms with E-state index in [1.54, 1.807) is 24.3 Å². The maximum absolute atomic E-state index is 12.4. The highest BCUT2D eigenvalue weighted by Gasteiger charge is 2.34. The molecule has 8 heteroatoms. The molecule has 1 aliphatic rings. The molecule has 25 heavy (non-hydrogen) atoms. The molecule has 6 nitrogen and oxygen atoms in total. The van der Waals surface area contributed by atoms with Crippen LogP contribution in [0, 0.1) is 0 Å². The number of rotatable bonds is 8. The molecule has 0 aromatic heterocycles. The Morgan fingerprint density at radius 1 is 1.36 bits per heavy atom. The normalized spacial score (nSPS) is 15.9. The molecule has 1 N–H and O–H groups in total. The van der Waals surface area contributed by atoms with E-state index in [1.807, 2.05) is 0 Å². The second kappa shape index (κ2) is 9.05. The van der Waals surface area contributed by atoms with Crippen LogP contribution in [0.3, 0.4) is 0 Å². The second-order valence-corrected chi connectivity index (χ2v) is 7.31. The number of carbonyl (C=O) groups excluding carboxylic acids is 2. The summed E-state index contributed by atoms with van der Waals surface area (Å²) in [5.74, 6) is -1.08. The highest BCUT2D eigenvalue weighted by Crippen LogP contribution is 2.35. The molecule has 2 rings (SSSR count). The van der Waals surface area contributed by atoms with Crippen LogP contribution in [0.25, 0.3) is 6.08 Å². The molecule has 1 saturated heterocycles. The summed E-state index contributed by atoms with van der Waals surface area (Å²) in [5.41, 5.74) is 0.537. The van der Waals surface area contributed by atoms with Gasteiger partial charge in [-0.05, 0) is 42.5 Å². The van der Waals surface area contributed by atoms with Gasteiger partial charge in [0, 0.05) is 16.6 Å². The number of amides is 2. The van der Waals surface area contributed by atoms with Gasteiger partial charge in [0.1, 0.15) is 5.75 Å². The monoisotopic (exact) mass is 427 g/mol. The number of carbonyl (C=O) groups is 3. The van der Waals surface area contributed by atoms with Crippen molar-refractivity contribution >= 4 is 50.9 Å². The second-order valence-electron chi connectivity index (χ2n) is 5.41. The molecule has 1 heterocycles. The zero-order chi connectivity index (χ0) is 18.4. The van der Waals surface area contributed by atoms with Crippen molar-refractivity contribution in [2.45, 2.75) is 26.2 Å². The number of halogens is 1. The Hall–Kier alpha value is -1.80. The smallest absolute Gasteiger partial charge is 0.341 e. The standard InChI is InChI=1S/C17H18BrNO5S/c1-2-3-4-7-19-16(22)14(25-17(19)23)9-11-8-12(18)5-6-13(11)24-10-15(20)21/h5-6,8-9H,2-4,7,10H2,1H3,(H,20,21)/b14-9-. The molecular formula is C17H18BrNO5S. The topological polar surface area (TPSA) is 83.9 Å². The molecule has 1 aromatic rings. The van der Waals surface area contributed by atoms with E-state index < -0.39 is 12.6 Å². The maximum Gasteiger partial charge on any atom is 0.341 e. The number of aliphatic carboxylic acids is 1. The molecule has 0 unspecified atom stereocenters. The van der Waals surface area contributed by atoms with Crippen molar-refractivity contribution in [2.75, 3.05) is 13.2 Å². The number of imide groups is 1. The van der Waals surface area contributed by atoms with E-state index in [4.69, 9.17) is 9.84 Å². The van der Waals surface area contributed by atoms with E-state index in [9.17, 15) is 14.4 Å². The summed E-state index contributed by atoms with van der Waals surface area (Å²) < 4.78 is 6.00. The van der Waals surface area contributed by atoms with Gasteiger partial charge in [-0.15, -0.1) is 0 Å². The molecule has 134 valence electrons. The Morgan fingerprint density at radius 3 is 2.80 bits per heavy atom. The van der Waals surface area contributed by atoms with Crippen LogP contribution in [-0.4, -0.2) is 40.3 Å². The van der Waals surface area contributed by atoms with Gasteiger partial charge in [-0.3, -0.25) is 14.5 Å². The highest BCUT2D eigenvalue weighted by molar-refractivity contribution is 9.10. The van der Waals surface area contributed by atoms with E-state index in [0.29, 0.717) is 22.8 Å². The van der Waals surface area contributed by atoms with E-state index >= 15 is 0 Å². The molecule has 1 aromatic carbocycles. The predicted octanol–water partition coefficient (Wildman–Crippen LogP) is 4.14. The summed E-state index contributed by atoms with van der Waals surface area (Å²) in [7, 11) is 0. The Labute approximate surface area is 158 Å². The van der Waals surface area contributed by atoms with Crippen molar-refractivity contribution in [3.05, 3.63) is 33.1 Å². The summed E-state index contributed by atoms with van der Waals surface area (Å²) in [5, 5.41) is 8.48. The van der Waals surface area contributed by atoms with Gasteiger partial charge in [0.15, 0.2) is 6.61 Å². The van der Waals surface area contributed by atoms with Crippen LogP contribution in [0.1, 0.15) is 31.7 Å². The lowest BCUT2D eigenvalue weighted by molar-refractivity contribution is -0.139. The van der Waals surface area contributed by atoms with E-state index in [-0.39, 0.29) is 11.1 Å². The van der Waals surface area contributed by atoms with E-state index in [0.717, 1.165) is 35.5 Å². The molecule has 0 saturated carbocycles. The number of nitrogens with zero attached hydrogens (tertiary/aromatic N) is 1. The van der Waals surface area contributed by atoms with Crippen LogP contribution < -0.4 is 4.74 Å². The lowest BCUT2D eigenvalue weighted by atomic mass is 10.2. The first kappa shape index (κ1) is 19.5. The SMILES string of the molecule is CCCCCN1C(=O)S/C(=C\c2cc(Br)ccc2OCC(=O)O)C1=O. The minimum Gasteiger partial charge on any atom is -0.481 e. The van der Waals surface area contributed by atoms with E-state index in [1.165, 1.54) is 4.90 Å². The number of carboxylic acids is 1. The summed E-state index contributed by atoms with van der Waals surface area (Å²) in [4.78, 5) is 36.8. The Morgan fingerprint density at radius 2 is 2.12 bits per heavy atom. The Bertz CT molecular complexity index is 719. The highest BCUT2D eigenvalue weighted by atomic mass is 79.9. The van der Waals surface area contributed by atoms with Gasteiger partial charge in [-0.2, -0.15) is 0 Å². The average Bonchev–Trinajstić information content (AvgIpc) is 2.81. The van der Waals surface area contributed by atoms with Crippen LogP contribution in [-0.2, 0) is 9.59 Å². The van der Waals surface area contributed by atoms with Crippen LogP contribution in [0.5, 0.6) is 5.75 Å². The molecule has 0 radical (unpaired) electrons. The number of hydrogen-bond acceptors (Lipinski definition) is 5. The number of benzene rings is 1. The fourth-order valence-corrected chi connectivity index (χ4v) is 3.49. The number of carboxylic acid groups (broad SMARTS) is 1. The van der Waals surface area contributed by atoms with Crippen LogP contribution in [0.2, 0.25) is 0 Å². The van der Waals surface area contributed by atoms with Gasteiger partial charge in [-0.25, -0.2) is 4.79 Å². The van der Waals surface area contributed by atoms with E-state index in [2.05, 4.69) is 22.9 Å². The van der Waals surface area contributed by atoms with Gasteiger partial charge in [0.2, 0.25) is 0 Å². The quantitative estimate of drug-likeness (QED) is 0.495. The maximum atomic E-state index is 12.4. The number of hydrogen-bond donors (Lipinski definition) is 1. The summed E-state index contributed by atoms with van der Waals surface area (Å²) in [6.45, 7) is 1.98. The summed E-state index contributed by atoms with van der Waals surface area (Å²) in [6.07, 6.45) is 4.31. The Balaban J connectivity index is 2.21. The third-order valence-corrected chi connectivity index (χ3v) is 4.87. The van der Waals surface area contributed by atoms with Gasteiger partial charge in [0.05, 0.1) is 4.91 Å². The molecular weight excluding hydrogens is 410 g/mol. The third-order valence-electron chi connectivity index (χ3n) is 3.47. The molecule has 1 fully saturated rings. The fraction of sp³-hybridized carbons (Fsp3) is 0.353. The van der Waals surface area contributed by atoms with Gasteiger partial charge in [0.25, 0.3) is 11.1 Å². The predicted molar refractivity (Wildman–Crippen MR) is 99.5 cm³/mol. The van der Waals surface area contributed by atoms with Crippen LogP contribution in [0.4, 0.5) is 4.79 Å². The van der Waals surface area contributed by atoms with Crippen molar-refractivity contribution in [2.24, 2.45) is 0 Å². The lowest BCUT2D eigenvalue weighted by Crippen LogP contribution is -2.29. The lowest BCUT2D eigenvalue weighted by Gasteiger charge is -2.11. The minimum atomic E-state index is -1.09. The fourth-order valence-electron chi connectivity index (χ4n) is 2.26. The minimum absolute atomic E-state index is 0.282. The van der Waals surface area contributed by atoms with Gasteiger partial charge in [-0.1, -0.05) is 35.7 Å². The molecule has 0 aliphatic carbocycles. The van der Waals surface area contributed by atoms with Crippen LogP contribution >= 0.6 is 27.7 Å². The first-order valence-corrected chi connectivity index (χ1v) is 9.42. The Kier molecular flexibility index (Phi) is 7.07. The molecule has 0 atom stereocenters. The molecule has 0 spiro atoms. The molecule has 1 aliphatic heterocycles.